The summed E-state index contributed by atoms with van der Waals surface area (Å²) in [5.41, 5.74) is 0. The molecule has 1 amide bonds. The smallest absolute Gasteiger partial charge is 0.374 e. The highest BCUT2D eigenvalue weighted by atomic mass is 19.4. The fraction of sp³-hybridized carbons (Fsp3) is 0.923. The summed E-state index contributed by atoms with van der Waals surface area (Å²) in [6, 6.07) is -0.537. The van der Waals surface area contributed by atoms with Crippen LogP contribution in [0.25, 0.3) is 0 Å². The van der Waals surface area contributed by atoms with E-state index in [9.17, 15) is 18.0 Å². The molecule has 3 atom stereocenters. The van der Waals surface area contributed by atoms with E-state index in [1.807, 2.05) is 7.05 Å². The van der Waals surface area contributed by atoms with Crippen molar-refractivity contribution in [3.8, 4) is 0 Å². The Kier molecular flexibility index (Phi) is 5.45. The molecule has 122 valence electrons. The Bertz CT molecular complexity index is 357. The summed E-state index contributed by atoms with van der Waals surface area (Å²) in [6.45, 7) is 2.45. The van der Waals surface area contributed by atoms with Gasteiger partial charge in [-0.25, -0.2) is 0 Å². The average Bonchev–Trinajstić information content (AvgIpc) is 2.44. The van der Waals surface area contributed by atoms with Gasteiger partial charge in [0.15, 0.2) is 0 Å². The van der Waals surface area contributed by atoms with Crippen LogP contribution in [0.2, 0.25) is 0 Å². The number of halogens is 3. The number of hydrogen-bond donors (Lipinski definition) is 2. The molecule has 0 bridgehead atoms. The van der Waals surface area contributed by atoms with Crippen molar-refractivity contribution in [1.29, 1.82) is 0 Å². The van der Waals surface area contributed by atoms with E-state index < -0.39 is 18.1 Å². The molecule has 21 heavy (non-hydrogen) atoms. The van der Waals surface area contributed by atoms with Gasteiger partial charge in [-0.3, -0.25) is 4.79 Å². The Morgan fingerprint density at radius 3 is 2.76 bits per heavy atom. The number of nitrogens with one attached hydrogen (secondary N) is 2. The zero-order valence-corrected chi connectivity index (χ0v) is 12.1. The Morgan fingerprint density at radius 1 is 1.43 bits per heavy atom. The van der Waals surface area contributed by atoms with Crippen molar-refractivity contribution in [3.63, 3.8) is 0 Å². The molecule has 0 aromatic rings. The molecule has 0 aromatic heterocycles. The lowest BCUT2D eigenvalue weighted by molar-refractivity contribution is -0.180. The molecule has 2 rings (SSSR count). The molecule has 2 fully saturated rings. The number of carbonyl (C=O) groups is 1. The first kappa shape index (κ1) is 16.5. The summed E-state index contributed by atoms with van der Waals surface area (Å²) in [6.07, 6.45) is -4.03. The van der Waals surface area contributed by atoms with Crippen LogP contribution in [-0.2, 0) is 9.53 Å². The molecule has 0 radical (unpaired) electrons. The molecule has 0 saturated carbocycles. The summed E-state index contributed by atoms with van der Waals surface area (Å²) in [5, 5.41) is 5.45. The van der Waals surface area contributed by atoms with E-state index >= 15 is 0 Å². The minimum atomic E-state index is -4.19. The van der Waals surface area contributed by atoms with Crippen molar-refractivity contribution in [2.75, 3.05) is 39.8 Å². The molecule has 2 saturated heterocycles. The van der Waals surface area contributed by atoms with Crippen LogP contribution in [-0.4, -0.2) is 69.0 Å². The number of carbonyl (C=O) groups excluding carboxylic acids is 1. The second-order valence-corrected chi connectivity index (χ2v) is 5.78. The van der Waals surface area contributed by atoms with Gasteiger partial charge in [-0.15, -0.1) is 0 Å². The topological polar surface area (TPSA) is 53.6 Å². The first-order chi connectivity index (χ1) is 9.86. The lowest BCUT2D eigenvalue weighted by atomic mass is 9.94. The van der Waals surface area contributed by atoms with Gasteiger partial charge >= 0.3 is 6.18 Å². The molecule has 2 heterocycles. The van der Waals surface area contributed by atoms with E-state index in [2.05, 4.69) is 15.5 Å². The molecule has 8 heteroatoms. The van der Waals surface area contributed by atoms with Crippen molar-refractivity contribution >= 4 is 5.91 Å². The van der Waals surface area contributed by atoms with Crippen molar-refractivity contribution in [2.45, 2.75) is 31.2 Å². The third-order valence-corrected chi connectivity index (χ3v) is 4.04. The summed E-state index contributed by atoms with van der Waals surface area (Å²) in [4.78, 5) is 14.1. The van der Waals surface area contributed by atoms with Gasteiger partial charge in [0.25, 0.3) is 0 Å². The highest BCUT2D eigenvalue weighted by molar-refractivity contribution is 5.81. The molecular weight excluding hydrogens is 287 g/mol. The third-order valence-electron chi connectivity index (χ3n) is 4.04. The number of piperidine rings is 1. The largest absolute Gasteiger partial charge is 0.393 e. The van der Waals surface area contributed by atoms with Gasteiger partial charge in [0.1, 0.15) is 0 Å². The average molecular weight is 309 g/mol. The van der Waals surface area contributed by atoms with Crippen LogP contribution in [0.15, 0.2) is 0 Å². The molecule has 0 aliphatic carbocycles. The minimum Gasteiger partial charge on any atom is -0.374 e. The van der Waals surface area contributed by atoms with Crippen molar-refractivity contribution < 1.29 is 22.7 Å². The molecule has 2 aliphatic heterocycles. The maximum Gasteiger partial charge on any atom is 0.393 e. The molecule has 2 aliphatic rings. The number of rotatable bonds is 3. The first-order valence-corrected chi connectivity index (χ1v) is 7.24. The molecule has 2 N–H and O–H groups in total. The lowest BCUT2D eigenvalue weighted by Gasteiger charge is -2.32. The van der Waals surface area contributed by atoms with Gasteiger partial charge < -0.3 is 20.3 Å². The Hall–Kier alpha value is -0.860. The van der Waals surface area contributed by atoms with Gasteiger partial charge in [0.2, 0.25) is 5.91 Å². The van der Waals surface area contributed by atoms with Crippen LogP contribution in [0.1, 0.15) is 12.8 Å². The fourth-order valence-corrected chi connectivity index (χ4v) is 2.69. The Balaban J connectivity index is 1.70. The van der Waals surface area contributed by atoms with E-state index in [0.717, 1.165) is 13.1 Å². The maximum atomic E-state index is 12.5. The monoisotopic (exact) mass is 309 g/mol. The second kappa shape index (κ2) is 6.93. The van der Waals surface area contributed by atoms with Crippen LogP contribution in [0.3, 0.4) is 0 Å². The van der Waals surface area contributed by atoms with Gasteiger partial charge in [-0.05, 0) is 19.9 Å². The van der Waals surface area contributed by atoms with Crippen LogP contribution >= 0.6 is 0 Å². The standard InChI is InChI=1S/C13H22F3N3O2/c1-19-4-5-21-10(8-19)7-18-12(20)11-3-2-9(6-17-11)13(14,15)16/h9-11,17H,2-8H2,1H3,(H,18,20). The van der Waals surface area contributed by atoms with Crippen molar-refractivity contribution in [1.82, 2.24) is 15.5 Å². The van der Waals surface area contributed by atoms with Crippen LogP contribution in [0.5, 0.6) is 0 Å². The van der Waals surface area contributed by atoms with E-state index in [1.165, 1.54) is 0 Å². The number of amides is 1. The molecular formula is C13H22F3N3O2. The summed E-state index contributed by atoms with van der Waals surface area (Å²) < 4.78 is 43.1. The predicted octanol–water partition coefficient (Wildman–Crippen LogP) is 0.364. The summed E-state index contributed by atoms with van der Waals surface area (Å²) in [7, 11) is 1.98. The van der Waals surface area contributed by atoms with Gasteiger partial charge in [-0.1, -0.05) is 0 Å². The molecule has 0 aromatic carbocycles. The summed E-state index contributed by atoms with van der Waals surface area (Å²) in [5.74, 6) is -1.59. The highest BCUT2D eigenvalue weighted by Crippen LogP contribution is 2.31. The van der Waals surface area contributed by atoms with Crippen LogP contribution in [0, 0.1) is 5.92 Å². The second-order valence-electron chi connectivity index (χ2n) is 5.78. The highest BCUT2D eigenvalue weighted by Gasteiger charge is 2.42. The number of likely N-dealkylation sites (N-methyl/N-ethyl adjacent to an activating group) is 1. The normalized spacial score (nSPS) is 31.9. The predicted molar refractivity (Wildman–Crippen MR) is 70.8 cm³/mol. The van der Waals surface area contributed by atoms with Crippen LogP contribution in [0.4, 0.5) is 13.2 Å². The van der Waals surface area contributed by atoms with E-state index in [-0.39, 0.29) is 31.4 Å². The number of hydrogen-bond acceptors (Lipinski definition) is 4. The van der Waals surface area contributed by atoms with Crippen molar-refractivity contribution in [2.24, 2.45) is 5.92 Å². The third kappa shape index (κ3) is 4.82. The molecule has 5 nitrogen and oxygen atoms in total. The number of alkyl halides is 3. The van der Waals surface area contributed by atoms with E-state index in [0.29, 0.717) is 13.2 Å². The minimum absolute atomic E-state index is 0.00273. The number of nitrogens with zero attached hydrogens (tertiary/aromatic N) is 1. The van der Waals surface area contributed by atoms with E-state index in [1.54, 1.807) is 0 Å². The van der Waals surface area contributed by atoms with Gasteiger partial charge in [-0.2, -0.15) is 13.2 Å². The number of ether oxygens (including phenoxy) is 1. The van der Waals surface area contributed by atoms with Gasteiger partial charge in [0.05, 0.1) is 24.7 Å². The van der Waals surface area contributed by atoms with Crippen LogP contribution < -0.4 is 10.6 Å². The zero-order valence-electron chi connectivity index (χ0n) is 12.1. The number of morpholine rings is 1. The van der Waals surface area contributed by atoms with Gasteiger partial charge in [0, 0.05) is 26.2 Å². The Labute approximate surface area is 122 Å². The molecule has 3 unspecified atom stereocenters. The summed E-state index contributed by atoms with van der Waals surface area (Å²) >= 11 is 0. The molecule has 0 spiro atoms. The first-order valence-electron chi connectivity index (χ1n) is 7.24. The lowest BCUT2D eigenvalue weighted by Crippen LogP contribution is -2.53. The maximum absolute atomic E-state index is 12.5. The quantitative estimate of drug-likeness (QED) is 0.791. The fourth-order valence-electron chi connectivity index (χ4n) is 2.69. The SMILES string of the molecule is CN1CCOC(CNC(=O)C2CCC(C(F)(F)F)CN2)C1. The van der Waals surface area contributed by atoms with E-state index in [4.69, 9.17) is 4.74 Å². The van der Waals surface area contributed by atoms with Crippen molar-refractivity contribution in [3.05, 3.63) is 0 Å². The Morgan fingerprint density at radius 2 is 2.19 bits per heavy atom. The zero-order chi connectivity index (χ0) is 15.5.